The molecule has 9 heteroatoms. The highest BCUT2D eigenvalue weighted by molar-refractivity contribution is 5.91. The molecule has 0 amide bonds. The molecule has 0 aromatic heterocycles. The first-order chi connectivity index (χ1) is 14.8. The van der Waals surface area contributed by atoms with Crippen LogP contribution in [0.3, 0.4) is 0 Å². The van der Waals surface area contributed by atoms with Crippen molar-refractivity contribution in [1.29, 1.82) is 0 Å². The maximum atomic E-state index is 11.8. The van der Waals surface area contributed by atoms with E-state index in [4.69, 9.17) is 24.7 Å². The van der Waals surface area contributed by atoms with Crippen molar-refractivity contribution >= 4 is 29.6 Å². The van der Waals surface area contributed by atoms with Gasteiger partial charge >= 0.3 is 23.9 Å². The third kappa shape index (κ3) is 8.57. The standard InChI is InChI=1S/C22H23NO8/c1-15-3-5-16(6-4-15)21(26)30-13-19(24)28-11-2-12-29-20(25)14-31-22(27)17-7-9-18(23)10-8-17/h3-10H,2,11-14,23H2,1H3. The van der Waals surface area contributed by atoms with Gasteiger partial charge in [0.15, 0.2) is 13.2 Å². The minimum Gasteiger partial charge on any atom is -0.463 e. The number of esters is 4. The molecule has 31 heavy (non-hydrogen) atoms. The molecular weight excluding hydrogens is 406 g/mol. The van der Waals surface area contributed by atoms with Gasteiger partial charge in [0.2, 0.25) is 0 Å². The first kappa shape index (κ1) is 23.4. The van der Waals surface area contributed by atoms with Crippen LogP contribution >= 0.6 is 0 Å². The maximum Gasteiger partial charge on any atom is 0.344 e. The Morgan fingerprint density at radius 3 is 1.55 bits per heavy atom. The number of carbonyl (C=O) groups is 4. The Morgan fingerprint density at radius 1 is 0.677 bits per heavy atom. The van der Waals surface area contributed by atoms with Gasteiger partial charge in [0, 0.05) is 12.1 Å². The second-order valence-corrected chi connectivity index (χ2v) is 6.43. The minimum atomic E-state index is -0.734. The smallest absolute Gasteiger partial charge is 0.344 e. The van der Waals surface area contributed by atoms with E-state index < -0.39 is 37.1 Å². The third-order valence-corrected chi connectivity index (χ3v) is 3.89. The van der Waals surface area contributed by atoms with Gasteiger partial charge < -0.3 is 24.7 Å². The zero-order chi connectivity index (χ0) is 22.6. The molecule has 2 aromatic carbocycles. The van der Waals surface area contributed by atoms with Gasteiger partial charge in [0.05, 0.1) is 24.3 Å². The molecule has 2 rings (SSSR count). The molecule has 0 radical (unpaired) electrons. The Kier molecular flexibility index (Phi) is 9.03. The molecule has 164 valence electrons. The van der Waals surface area contributed by atoms with Crippen molar-refractivity contribution in [2.45, 2.75) is 13.3 Å². The highest BCUT2D eigenvalue weighted by Crippen LogP contribution is 2.07. The van der Waals surface area contributed by atoms with E-state index in [0.29, 0.717) is 11.3 Å². The molecule has 0 fully saturated rings. The van der Waals surface area contributed by atoms with E-state index >= 15 is 0 Å². The van der Waals surface area contributed by atoms with Gasteiger partial charge in [-0.05, 0) is 43.3 Å². The van der Waals surface area contributed by atoms with Crippen molar-refractivity contribution in [2.75, 3.05) is 32.2 Å². The number of nitrogens with two attached hydrogens (primary N) is 1. The summed E-state index contributed by atoms with van der Waals surface area (Å²) in [4.78, 5) is 46.7. The number of carbonyl (C=O) groups excluding carboxylic acids is 4. The largest absolute Gasteiger partial charge is 0.463 e. The molecule has 0 atom stereocenters. The van der Waals surface area contributed by atoms with Gasteiger partial charge in [-0.25, -0.2) is 19.2 Å². The van der Waals surface area contributed by atoms with E-state index in [1.807, 2.05) is 6.92 Å². The number of aryl methyl sites for hydroxylation is 1. The van der Waals surface area contributed by atoms with Gasteiger partial charge in [-0.2, -0.15) is 0 Å². The monoisotopic (exact) mass is 429 g/mol. The SMILES string of the molecule is Cc1ccc(C(=O)OCC(=O)OCCCOC(=O)COC(=O)c2ccc(N)cc2)cc1. The molecule has 0 spiro atoms. The fourth-order valence-corrected chi connectivity index (χ4v) is 2.24. The van der Waals surface area contributed by atoms with Gasteiger partial charge in [-0.1, -0.05) is 17.7 Å². The number of hydrogen-bond acceptors (Lipinski definition) is 9. The van der Waals surface area contributed by atoms with Crippen molar-refractivity contribution in [1.82, 2.24) is 0 Å². The van der Waals surface area contributed by atoms with E-state index in [2.05, 4.69) is 0 Å². The number of benzene rings is 2. The Bertz CT molecular complexity index is 831. The van der Waals surface area contributed by atoms with Gasteiger partial charge in [-0.3, -0.25) is 0 Å². The zero-order valence-corrected chi connectivity index (χ0v) is 17.0. The fraction of sp³-hybridized carbons (Fsp3) is 0.273. The summed E-state index contributed by atoms with van der Waals surface area (Å²) in [6, 6.07) is 12.8. The van der Waals surface area contributed by atoms with Crippen LogP contribution in [0, 0.1) is 6.92 Å². The molecule has 0 bridgehead atoms. The predicted molar refractivity (Wildman–Crippen MR) is 109 cm³/mol. The van der Waals surface area contributed by atoms with E-state index in [9.17, 15) is 19.2 Å². The number of hydrogen-bond donors (Lipinski definition) is 1. The summed E-state index contributed by atoms with van der Waals surface area (Å²) in [5.41, 5.74) is 7.62. The lowest BCUT2D eigenvalue weighted by Crippen LogP contribution is -2.19. The molecule has 0 unspecified atom stereocenters. The topological polar surface area (TPSA) is 131 Å². The van der Waals surface area contributed by atoms with Gasteiger partial charge in [0.1, 0.15) is 0 Å². The summed E-state index contributed by atoms with van der Waals surface area (Å²) in [5.74, 6) is -2.75. The van der Waals surface area contributed by atoms with Crippen LogP contribution in [-0.4, -0.2) is 50.3 Å². The number of ether oxygens (including phenoxy) is 4. The van der Waals surface area contributed by atoms with Crippen molar-refractivity contribution in [3.63, 3.8) is 0 Å². The van der Waals surface area contributed by atoms with Crippen LogP contribution in [0.2, 0.25) is 0 Å². The summed E-state index contributed by atoms with van der Waals surface area (Å²) < 4.78 is 19.5. The first-order valence-corrected chi connectivity index (χ1v) is 9.43. The zero-order valence-electron chi connectivity index (χ0n) is 17.0. The molecule has 0 saturated carbocycles. The maximum absolute atomic E-state index is 11.8. The molecule has 0 heterocycles. The molecule has 2 N–H and O–H groups in total. The summed E-state index contributed by atoms with van der Waals surface area (Å²) in [6.07, 6.45) is 0.231. The van der Waals surface area contributed by atoms with Crippen LogP contribution in [0.15, 0.2) is 48.5 Å². The van der Waals surface area contributed by atoms with Crippen LogP contribution in [0.4, 0.5) is 5.69 Å². The van der Waals surface area contributed by atoms with Crippen LogP contribution in [0.5, 0.6) is 0 Å². The lowest BCUT2D eigenvalue weighted by atomic mass is 10.1. The Balaban J connectivity index is 1.53. The van der Waals surface area contributed by atoms with Gasteiger partial charge in [0.25, 0.3) is 0 Å². The molecule has 0 aliphatic rings. The molecule has 0 aliphatic carbocycles. The van der Waals surface area contributed by atoms with Crippen molar-refractivity contribution < 1.29 is 38.1 Å². The first-order valence-electron chi connectivity index (χ1n) is 9.43. The number of nitrogen functional groups attached to an aromatic ring is 1. The fourth-order valence-electron chi connectivity index (χ4n) is 2.24. The van der Waals surface area contributed by atoms with Crippen LogP contribution in [0.1, 0.15) is 32.7 Å². The van der Waals surface area contributed by atoms with E-state index in [0.717, 1.165) is 5.56 Å². The average Bonchev–Trinajstić information content (AvgIpc) is 2.76. The molecular formula is C22H23NO8. The summed E-state index contributed by atoms with van der Waals surface area (Å²) >= 11 is 0. The van der Waals surface area contributed by atoms with Crippen molar-refractivity contribution in [3.8, 4) is 0 Å². The van der Waals surface area contributed by atoms with Crippen LogP contribution < -0.4 is 5.73 Å². The van der Waals surface area contributed by atoms with Crippen molar-refractivity contribution in [3.05, 3.63) is 65.2 Å². The molecule has 2 aromatic rings. The summed E-state index contributed by atoms with van der Waals surface area (Å²) in [5, 5.41) is 0. The Labute approximate surface area is 179 Å². The highest BCUT2D eigenvalue weighted by atomic mass is 16.6. The Morgan fingerprint density at radius 2 is 1.10 bits per heavy atom. The van der Waals surface area contributed by atoms with E-state index in [-0.39, 0.29) is 25.2 Å². The lowest BCUT2D eigenvalue weighted by molar-refractivity contribution is -0.150. The Hall–Kier alpha value is -3.88. The lowest BCUT2D eigenvalue weighted by Gasteiger charge is -2.08. The molecule has 0 saturated heterocycles. The summed E-state index contributed by atoms with van der Waals surface area (Å²) in [6.45, 7) is 0.761. The van der Waals surface area contributed by atoms with Crippen LogP contribution in [-0.2, 0) is 28.5 Å². The summed E-state index contributed by atoms with van der Waals surface area (Å²) in [7, 11) is 0. The molecule has 0 aliphatic heterocycles. The quantitative estimate of drug-likeness (QED) is 0.261. The normalized spacial score (nSPS) is 10.1. The predicted octanol–water partition coefficient (Wildman–Crippen LogP) is 2.07. The second kappa shape index (κ2) is 12.0. The third-order valence-electron chi connectivity index (χ3n) is 3.89. The van der Waals surface area contributed by atoms with Crippen LogP contribution in [0.25, 0.3) is 0 Å². The van der Waals surface area contributed by atoms with E-state index in [1.165, 1.54) is 12.1 Å². The minimum absolute atomic E-state index is 0.0284. The van der Waals surface area contributed by atoms with Crippen molar-refractivity contribution in [2.24, 2.45) is 0 Å². The highest BCUT2D eigenvalue weighted by Gasteiger charge is 2.12. The number of rotatable bonds is 10. The average molecular weight is 429 g/mol. The second-order valence-electron chi connectivity index (χ2n) is 6.43. The van der Waals surface area contributed by atoms with Gasteiger partial charge in [-0.15, -0.1) is 0 Å². The van der Waals surface area contributed by atoms with E-state index in [1.54, 1.807) is 36.4 Å². The molecule has 9 nitrogen and oxygen atoms in total. The number of anilines is 1.